The number of carbonyl (C=O) groups excluding carboxylic acids is 2. The molecule has 134 valence electrons. The minimum absolute atomic E-state index is 0.0769. The van der Waals surface area contributed by atoms with Gasteiger partial charge in [0.15, 0.2) is 0 Å². The Kier molecular flexibility index (Phi) is 8.86. The minimum Gasteiger partial charge on any atom is -0.493 e. The Morgan fingerprint density at radius 3 is 2.62 bits per heavy atom. The number of rotatable bonds is 10. The van der Waals surface area contributed by atoms with Crippen molar-refractivity contribution in [3.63, 3.8) is 0 Å². The van der Waals surface area contributed by atoms with Gasteiger partial charge in [-0.15, -0.1) is 0 Å². The maximum Gasteiger partial charge on any atom is 0.239 e. The quantitative estimate of drug-likeness (QED) is 0.565. The van der Waals surface area contributed by atoms with Crippen LogP contribution in [0.5, 0.6) is 5.75 Å². The fourth-order valence-electron chi connectivity index (χ4n) is 2.12. The number of hydrogen-bond donors (Lipinski definition) is 3. The van der Waals surface area contributed by atoms with Gasteiger partial charge < -0.3 is 21.1 Å². The Morgan fingerprint density at radius 1 is 1.21 bits per heavy atom. The van der Waals surface area contributed by atoms with Gasteiger partial charge in [-0.3, -0.25) is 9.59 Å². The van der Waals surface area contributed by atoms with Crippen LogP contribution in [-0.4, -0.2) is 31.5 Å². The fourth-order valence-corrected chi connectivity index (χ4v) is 2.12. The molecule has 0 aliphatic carbocycles. The summed E-state index contributed by atoms with van der Waals surface area (Å²) in [5, 5.41) is 5.21. The number of amides is 2. The normalized spacial score (nSPS) is 10.5. The molecule has 0 saturated carbocycles. The summed E-state index contributed by atoms with van der Waals surface area (Å²) in [6.45, 7) is 7.21. The molecule has 24 heavy (non-hydrogen) atoms. The second-order valence-corrected chi connectivity index (χ2v) is 6.25. The van der Waals surface area contributed by atoms with Gasteiger partial charge in [0, 0.05) is 12.1 Å². The molecule has 0 spiro atoms. The average molecular weight is 335 g/mol. The van der Waals surface area contributed by atoms with E-state index in [1.54, 1.807) is 0 Å². The van der Waals surface area contributed by atoms with E-state index in [4.69, 9.17) is 10.5 Å². The number of benzene rings is 1. The molecular weight excluding hydrogens is 306 g/mol. The molecule has 0 saturated heterocycles. The lowest BCUT2D eigenvalue weighted by Crippen LogP contribution is -2.39. The smallest absolute Gasteiger partial charge is 0.239 e. The molecule has 0 heterocycles. The largest absolute Gasteiger partial charge is 0.493 e. The zero-order chi connectivity index (χ0) is 17.9. The third kappa shape index (κ3) is 7.97. The van der Waals surface area contributed by atoms with Crippen LogP contribution in [-0.2, 0) is 16.1 Å². The maximum atomic E-state index is 11.7. The van der Waals surface area contributed by atoms with Crippen molar-refractivity contribution in [1.82, 2.24) is 10.6 Å². The van der Waals surface area contributed by atoms with Crippen LogP contribution in [0.25, 0.3) is 0 Å². The standard InChI is InChI=1S/C18H29N3O3/c1-13(2)5-4-8-24-16-9-14(3)6-7-15(16)11-20-18(23)12-21-17(22)10-19/h6-7,9,13H,4-5,8,10-12,19H2,1-3H3,(H,20,23)(H,21,22). The van der Waals surface area contributed by atoms with E-state index in [2.05, 4.69) is 24.5 Å². The van der Waals surface area contributed by atoms with Gasteiger partial charge >= 0.3 is 0 Å². The summed E-state index contributed by atoms with van der Waals surface area (Å²) in [6, 6.07) is 5.91. The van der Waals surface area contributed by atoms with E-state index in [0.717, 1.165) is 29.7 Å². The summed E-state index contributed by atoms with van der Waals surface area (Å²) in [7, 11) is 0. The molecule has 1 aromatic rings. The summed E-state index contributed by atoms with van der Waals surface area (Å²) in [4.78, 5) is 22.8. The number of aryl methyl sites for hydroxylation is 1. The molecule has 1 aromatic carbocycles. The number of nitrogens with two attached hydrogens (primary N) is 1. The van der Waals surface area contributed by atoms with Crippen LogP contribution < -0.4 is 21.1 Å². The molecule has 0 bridgehead atoms. The summed E-state index contributed by atoms with van der Waals surface area (Å²) in [5.41, 5.74) is 7.20. The first-order chi connectivity index (χ1) is 11.4. The average Bonchev–Trinajstić information content (AvgIpc) is 2.55. The van der Waals surface area contributed by atoms with Gasteiger partial charge in [0.25, 0.3) is 0 Å². The number of carbonyl (C=O) groups is 2. The summed E-state index contributed by atoms with van der Waals surface area (Å²) >= 11 is 0. The van der Waals surface area contributed by atoms with Crippen molar-refractivity contribution in [3.05, 3.63) is 29.3 Å². The van der Waals surface area contributed by atoms with Gasteiger partial charge in [-0.2, -0.15) is 0 Å². The molecule has 0 atom stereocenters. The zero-order valence-corrected chi connectivity index (χ0v) is 14.9. The van der Waals surface area contributed by atoms with E-state index in [1.165, 1.54) is 0 Å². The Balaban J connectivity index is 2.51. The third-order valence-corrected chi connectivity index (χ3v) is 3.51. The maximum absolute atomic E-state index is 11.7. The van der Waals surface area contributed by atoms with Crippen LogP contribution in [0.15, 0.2) is 18.2 Å². The molecule has 4 N–H and O–H groups in total. The molecule has 2 amide bonds. The van der Waals surface area contributed by atoms with Crippen LogP contribution in [0.1, 0.15) is 37.8 Å². The number of nitrogens with one attached hydrogen (secondary N) is 2. The van der Waals surface area contributed by atoms with E-state index >= 15 is 0 Å². The first-order valence-electron chi connectivity index (χ1n) is 8.38. The highest BCUT2D eigenvalue weighted by molar-refractivity contribution is 5.85. The predicted octanol–water partition coefficient (Wildman–Crippen LogP) is 1.50. The fraction of sp³-hybridized carbons (Fsp3) is 0.556. The lowest BCUT2D eigenvalue weighted by atomic mass is 10.1. The van der Waals surface area contributed by atoms with Crippen LogP contribution in [0, 0.1) is 12.8 Å². The van der Waals surface area contributed by atoms with Crippen LogP contribution >= 0.6 is 0 Å². The van der Waals surface area contributed by atoms with E-state index in [0.29, 0.717) is 19.1 Å². The Bertz CT molecular complexity index is 544. The Morgan fingerprint density at radius 2 is 1.96 bits per heavy atom. The zero-order valence-electron chi connectivity index (χ0n) is 14.9. The SMILES string of the molecule is Cc1ccc(CNC(=O)CNC(=O)CN)c(OCCCC(C)C)c1. The lowest BCUT2D eigenvalue weighted by Gasteiger charge is -2.14. The molecule has 0 fully saturated rings. The molecule has 0 aromatic heterocycles. The van der Waals surface area contributed by atoms with E-state index < -0.39 is 0 Å². The van der Waals surface area contributed by atoms with Crippen molar-refractivity contribution in [2.75, 3.05) is 19.7 Å². The predicted molar refractivity (Wildman–Crippen MR) is 94.7 cm³/mol. The molecule has 6 nitrogen and oxygen atoms in total. The van der Waals surface area contributed by atoms with E-state index in [1.807, 2.05) is 25.1 Å². The molecule has 0 radical (unpaired) electrons. The number of hydrogen-bond acceptors (Lipinski definition) is 4. The molecule has 0 unspecified atom stereocenters. The van der Waals surface area contributed by atoms with Crippen molar-refractivity contribution in [3.8, 4) is 5.75 Å². The first kappa shape index (κ1) is 20.0. The third-order valence-electron chi connectivity index (χ3n) is 3.51. The van der Waals surface area contributed by atoms with Crippen LogP contribution in [0.4, 0.5) is 0 Å². The van der Waals surface area contributed by atoms with E-state index in [-0.39, 0.29) is 24.9 Å². The molecular formula is C18H29N3O3. The van der Waals surface area contributed by atoms with E-state index in [9.17, 15) is 9.59 Å². The highest BCUT2D eigenvalue weighted by Crippen LogP contribution is 2.21. The van der Waals surface area contributed by atoms with Gasteiger partial charge in [0.1, 0.15) is 5.75 Å². The summed E-state index contributed by atoms with van der Waals surface area (Å²) in [6.07, 6.45) is 2.13. The summed E-state index contributed by atoms with van der Waals surface area (Å²) in [5.74, 6) is 0.844. The monoisotopic (exact) mass is 335 g/mol. The van der Waals surface area contributed by atoms with Crippen molar-refractivity contribution in [1.29, 1.82) is 0 Å². The van der Waals surface area contributed by atoms with Gasteiger partial charge in [-0.05, 0) is 37.3 Å². The topological polar surface area (TPSA) is 93.5 Å². The number of ether oxygens (including phenoxy) is 1. The second-order valence-electron chi connectivity index (χ2n) is 6.25. The van der Waals surface area contributed by atoms with Crippen molar-refractivity contribution < 1.29 is 14.3 Å². The summed E-state index contributed by atoms with van der Waals surface area (Å²) < 4.78 is 5.88. The minimum atomic E-state index is -0.352. The molecule has 6 heteroatoms. The van der Waals surface area contributed by atoms with Crippen LogP contribution in [0.2, 0.25) is 0 Å². The van der Waals surface area contributed by atoms with Crippen molar-refractivity contribution in [2.45, 2.75) is 40.2 Å². The van der Waals surface area contributed by atoms with Crippen LogP contribution in [0.3, 0.4) is 0 Å². The van der Waals surface area contributed by atoms with Crippen molar-refractivity contribution >= 4 is 11.8 Å². The first-order valence-corrected chi connectivity index (χ1v) is 8.38. The van der Waals surface area contributed by atoms with Gasteiger partial charge in [-0.1, -0.05) is 26.0 Å². The highest BCUT2D eigenvalue weighted by atomic mass is 16.5. The van der Waals surface area contributed by atoms with Gasteiger partial charge in [-0.25, -0.2) is 0 Å². The van der Waals surface area contributed by atoms with Gasteiger partial charge in [0.05, 0.1) is 19.7 Å². The second kappa shape index (κ2) is 10.6. The molecule has 0 aliphatic heterocycles. The molecule has 1 rings (SSSR count). The highest BCUT2D eigenvalue weighted by Gasteiger charge is 2.08. The van der Waals surface area contributed by atoms with Gasteiger partial charge in [0.2, 0.25) is 11.8 Å². The lowest BCUT2D eigenvalue weighted by molar-refractivity contribution is -0.125. The Labute approximate surface area is 144 Å². The Hall–Kier alpha value is -2.08. The molecule has 0 aliphatic rings. The van der Waals surface area contributed by atoms with Crippen molar-refractivity contribution in [2.24, 2.45) is 11.7 Å².